The highest BCUT2D eigenvalue weighted by Gasteiger charge is 2.20. The number of likely N-dealkylation sites (N-methyl/N-ethyl adjacent to an activating group) is 1. The molecule has 0 heterocycles. The third-order valence-electron chi connectivity index (χ3n) is 2.25. The first-order chi connectivity index (χ1) is 8.60. The molecule has 1 aromatic carbocycles. The van der Waals surface area contributed by atoms with Crippen LogP contribution in [-0.4, -0.2) is 37.3 Å². The van der Waals surface area contributed by atoms with E-state index in [2.05, 4.69) is 4.74 Å². The van der Waals surface area contributed by atoms with Crippen molar-refractivity contribution in [3.63, 3.8) is 0 Å². The standard InChI is InChI=1S/C13H13NO4/c1-14(13(17)18-2)12(16)11(9-15)8-10-6-4-3-5-7-10/h3-9H,1-2H3. The summed E-state index contributed by atoms with van der Waals surface area (Å²) in [6, 6.07) is 8.87. The zero-order valence-corrected chi connectivity index (χ0v) is 10.1. The van der Waals surface area contributed by atoms with Crippen LogP contribution in [0.4, 0.5) is 4.79 Å². The van der Waals surface area contributed by atoms with Crippen molar-refractivity contribution in [3.8, 4) is 0 Å². The fourth-order valence-corrected chi connectivity index (χ4v) is 1.29. The number of hydrogen-bond acceptors (Lipinski definition) is 4. The Balaban J connectivity index is 2.97. The van der Waals surface area contributed by atoms with Gasteiger partial charge < -0.3 is 4.74 Å². The first kappa shape index (κ1) is 13.6. The van der Waals surface area contributed by atoms with Gasteiger partial charge in [0.1, 0.15) is 0 Å². The third kappa shape index (κ3) is 3.28. The quantitative estimate of drug-likeness (QED) is 0.351. The van der Waals surface area contributed by atoms with E-state index in [1.807, 2.05) is 6.07 Å². The van der Waals surface area contributed by atoms with Gasteiger partial charge in [-0.25, -0.2) is 9.69 Å². The van der Waals surface area contributed by atoms with Gasteiger partial charge >= 0.3 is 6.09 Å². The van der Waals surface area contributed by atoms with Crippen LogP contribution in [0.15, 0.2) is 35.9 Å². The van der Waals surface area contributed by atoms with Crippen LogP contribution in [0.25, 0.3) is 6.08 Å². The van der Waals surface area contributed by atoms with Crippen LogP contribution in [0.2, 0.25) is 0 Å². The van der Waals surface area contributed by atoms with Gasteiger partial charge in [0.25, 0.3) is 5.91 Å². The number of aldehydes is 1. The Morgan fingerprint density at radius 3 is 2.33 bits per heavy atom. The molecule has 1 rings (SSSR count). The second-order valence-corrected chi connectivity index (χ2v) is 3.46. The summed E-state index contributed by atoms with van der Waals surface area (Å²) >= 11 is 0. The Labute approximate surface area is 105 Å². The summed E-state index contributed by atoms with van der Waals surface area (Å²) in [5, 5.41) is 0. The molecule has 0 aliphatic carbocycles. The highest BCUT2D eigenvalue weighted by atomic mass is 16.5. The molecule has 0 bridgehead atoms. The molecule has 5 nitrogen and oxygen atoms in total. The molecule has 0 radical (unpaired) electrons. The van der Waals surface area contributed by atoms with Crippen LogP contribution in [-0.2, 0) is 14.3 Å². The number of carbonyl (C=O) groups excluding carboxylic acids is 3. The van der Waals surface area contributed by atoms with Crippen molar-refractivity contribution < 1.29 is 19.1 Å². The van der Waals surface area contributed by atoms with E-state index in [4.69, 9.17) is 0 Å². The second-order valence-electron chi connectivity index (χ2n) is 3.46. The minimum Gasteiger partial charge on any atom is -0.452 e. The van der Waals surface area contributed by atoms with E-state index in [9.17, 15) is 14.4 Å². The van der Waals surface area contributed by atoms with Gasteiger partial charge in [0.05, 0.1) is 12.7 Å². The van der Waals surface area contributed by atoms with Crippen LogP contribution < -0.4 is 0 Å². The van der Waals surface area contributed by atoms with Crippen LogP contribution in [0.3, 0.4) is 0 Å². The van der Waals surface area contributed by atoms with Crippen molar-refractivity contribution in [2.75, 3.05) is 14.2 Å². The van der Waals surface area contributed by atoms with Crippen molar-refractivity contribution in [2.45, 2.75) is 0 Å². The topological polar surface area (TPSA) is 63.7 Å². The molecule has 0 atom stereocenters. The first-order valence-corrected chi connectivity index (χ1v) is 5.18. The van der Waals surface area contributed by atoms with Crippen LogP contribution in [0.1, 0.15) is 5.56 Å². The molecular weight excluding hydrogens is 234 g/mol. The van der Waals surface area contributed by atoms with Gasteiger partial charge in [-0.3, -0.25) is 9.59 Å². The maximum Gasteiger partial charge on any atom is 0.416 e. The maximum absolute atomic E-state index is 11.8. The summed E-state index contributed by atoms with van der Waals surface area (Å²) in [5.41, 5.74) is 0.584. The predicted octanol–water partition coefficient (Wildman–Crippen LogP) is 1.49. The Morgan fingerprint density at radius 2 is 1.83 bits per heavy atom. The van der Waals surface area contributed by atoms with Crippen LogP contribution >= 0.6 is 0 Å². The molecule has 0 aliphatic rings. The molecule has 94 valence electrons. The van der Waals surface area contributed by atoms with Gasteiger partial charge in [-0.05, 0) is 11.6 Å². The van der Waals surface area contributed by atoms with Crippen LogP contribution in [0, 0.1) is 0 Å². The summed E-state index contributed by atoms with van der Waals surface area (Å²) in [6.45, 7) is 0. The Kier molecular flexibility index (Phi) is 4.80. The van der Waals surface area contributed by atoms with E-state index in [1.165, 1.54) is 13.1 Å². The molecule has 0 saturated carbocycles. The lowest BCUT2D eigenvalue weighted by molar-refractivity contribution is -0.125. The monoisotopic (exact) mass is 247 g/mol. The third-order valence-corrected chi connectivity index (χ3v) is 2.25. The van der Waals surface area contributed by atoms with E-state index in [-0.39, 0.29) is 5.57 Å². The number of hydrogen-bond donors (Lipinski definition) is 0. The molecule has 1 aromatic rings. The summed E-state index contributed by atoms with van der Waals surface area (Å²) in [6.07, 6.45) is 1.00. The molecule has 5 heteroatoms. The number of nitrogens with zero attached hydrogens (tertiary/aromatic N) is 1. The smallest absolute Gasteiger partial charge is 0.416 e. The number of ether oxygens (including phenoxy) is 1. The van der Waals surface area contributed by atoms with E-state index in [1.54, 1.807) is 24.3 Å². The molecule has 18 heavy (non-hydrogen) atoms. The summed E-state index contributed by atoms with van der Waals surface area (Å²) in [7, 11) is 2.41. The van der Waals surface area contributed by atoms with Crippen molar-refractivity contribution in [2.24, 2.45) is 0 Å². The van der Waals surface area contributed by atoms with E-state index in [0.29, 0.717) is 11.8 Å². The highest BCUT2D eigenvalue weighted by molar-refractivity contribution is 6.17. The fraction of sp³-hybridized carbons (Fsp3) is 0.154. The van der Waals surface area contributed by atoms with Crippen molar-refractivity contribution >= 4 is 24.4 Å². The number of benzene rings is 1. The molecule has 0 unspecified atom stereocenters. The number of imide groups is 1. The molecule has 0 aromatic heterocycles. The van der Waals surface area contributed by atoms with Gasteiger partial charge in [-0.15, -0.1) is 0 Å². The second kappa shape index (κ2) is 6.34. The largest absolute Gasteiger partial charge is 0.452 e. The molecule has 2 amide bonds. The number of rotatable bonds is 3. The number of methoxy groups -OCH3 is 1. The van der Waals surface area contributed by atoms with Gasteiger partial charge in [0.2, 0.25) is 0 Å². The fourth-order valence-electron chi connectivity index (χ4n) is 1.29. The van der Waals surface area contributed by atoms with Gasteiger partial charge in [-0.1, -0.05) is 30.3 Å². The highest BCUT2D eigenvalue weighted by Crippen LogP contribution is 2.07. The average Bonchev–Trinajstić information content (AvgIpc) is 2.43. The van der Waals surface area contributed by atoms with Crippen molar-refractivity contribution in [3.05, 3.63) is 41.5 Å². The van der Waals surface area contributed by atoms with Gasteiger partial charge in [0, 0.05) is 7.05 Å². The zero-order chi connectivity index (χ0) is 13.5. The zero-order valence-electron chi connectivity index (χ0n) is 10.1. The Hall–Kier alpha value is -2.43. The average molecular weight is 247 g/mol. The minimum atomic E-state index is -0.819. The van der Waals surface area contributed by atoms with Crippen molar-refractivity contribution in [1.29, 1.82) is 0 Å². The molecule has 0 aliphatic heterocycles. The normalized spacial score (nSPS) is 10.7. The van der Waals surface area contributed by atoms with Gasteiger partial charge in [-0.2, -0.15) is 0 Å². The predicted molar refractivity (Wildman–Crippen MR) is 65.7 cm³/mol. The van der Waals surface area contributed by atoms with E-state index in [0.717, 1.165) is 12.0 Å². The summed E-state index contributed by atoms with van der Waals surface area (Å²) in [5.74, 6) is -0.708. The summed E-state index contributed by atoms with van der Waals surface area (Å²) in [4.78, 5) is 34.6. The summed E-state index contributed by atoms with van der Waals surface area (Å²) < 4.78 is 4.40. The van der Waals surface area contributed by atoms with E-state index >= 15 is 0 Å². The number of carbonyl (C=O) groups is 3. The van der Waals surface area contributed by atoms with E-state index < -0.39 is 12.0 Å². The minimum absolute atomic E-state index is 0.117. The lowest BCUT2D eigenvalue weighted by Crippen LogP contribution is -2.34. The molecular formula is C13H13NO4. The Bertz CT molecular complexity index is 479. The molecule has 0 saturated heterocycles. The first-order valence-electron chi connectivity index (χ1n) is 5.18. The van der Waals surface area contributed by atoms with Gasteiger partial charge in [0.15, 0.2) is 6.29 Å². The van der Waals surface area contributed by atoms with Crippen molar-refractivity contribution in [1.82, 2.24) is 4.90 Å². The maximum atomic E-state index is 11.8. The molecule has 0 fully saturated rings. The lowest BCUT2D eigenvalue weighted by atomic mass is 10.1. The van der Waals surface area contributed by atoms with Crippen LogP contribution in [0.5, 0.6) is 0 Å². The lowest BCUT2D eigenvalue weighted by Gasteiger charge is -2.13. The SMILES string of the molecule is COC(=O)N(C)C(=O)C(C=O)=Cc1ccccc1. The molecule has 0 N–H and O–H groups in total. The Morgan fingerprint density at radius 1 is 1.22 bits per heavy atom. The molecule has 0 spiro atoms. The number of amides is 2.